The van der Waals surface area contributed by atoms with Gasteiger partial charge in [0.05, 0.1) is 5.92 Å². The van der Waals surface area contributed by atoms with Crippen LogP contribution in [0.1, 0.15) is 39.0 Å². The molecule has 0 radical (unpaired) electrons. The first-order valence-corrected chi connectivity index (χ1v) is 7.74. The summed E-state index contributed by atoms with van der Waals surface area (Å²) in [5.41, 5.74) is 0. The van der Waals surface area contributed by atoms with E-state index in [1.165, 1.54) is 37.9 Å². The highest BCUT2D eigenvalue weighted by Gasteiger charge is 2.49. The third-order valence-corrected chi connectivity index (χ3v) is 6.04. The van der Waals surface area contributed by atoms with E-state index in [2.05, 4.69) is 11.8 Å². The molecule has 3 fully saturated rings. The van der Waals surface area contributed by atoms with E-state index in [1.54, 1.807) is 0 Å². The Hall–Kier alpha value is -0.180. The molecule has 2 heterocycles. The van der Waals surface area contributed by atoms with Crippen molar-refractivity contribution in [3.63, 3.8) is 0 Å². The number of hydrogen-bond donors (Lipinski definition) is 0. The van der Waals surface area contributed by atoms with Gasteiger partial charge in [0.1, 0.15) is 0 Å². The van der Waals surface area contributed by atoms with Crippen molar-refractivity contribution in [1.29, 1.82) is 0 Å². The first-order chi connectivity index (χ1) is 7.77. The molecule has 0 aromatic heterocycles. The van der Waals surface area contributed by atoms with Gasteiger partial charge in [-0.1, -0.05) is 26.2 Å². The summed E-state index contributed by atoms with van der Waals surface area (Å²) in [6, 6.07) is 0.587. The van der Waals surface area contributed by atoms with Crippen LogP contribution in [0.2, 0.25) is 0 Å². The van der Waals surface area contributed by atoms with E-state index in [1.807, 2.05) is 11.8 Å². The smallest absolute Gasteiger partial charge is 0.227 e. The SMILES string of the molecule is C[C@H]1SC[C@@H]2CN(C3CCCCC3)C(=O)[C@@H]21. The summed E-state index contributed by atoms with van der Waals surface area (Å²) in [5, 5.41) is 0.561. The summed E-state index contributed by atoms with van der Waals surface area (Å²) < 4.78 is 0. The Bertz CT molecular complexity index is 288. The van der Waals surface area contributed by atoms with E-state index in [9.17, 15) is 4.79 Å². The summed E-state index contributed by atoms with van der Waals surface area (Å²) >= 11 is 1.99. The van der Waals surface area contributed by atoms with Gasteiger partial charge in [0.15, 0.2) is 0 Å². The molecule has 0 aromatic rings. The van der Waals surface area contributed by atoms with Crippen LogP contribution in [0.4, 0.5) is 0 Å². The molecule has 2 nitrogen and oxygen atoms in total. The maximum Gasteiger partial charge on any atom is 0.227 e. The number of likely N-dealkylation sites (tertiary alicyclic amines) is 1. The van der Waals surface area contributed by atoms with Gasteiger partial charge >= 0.3 is 0 Å². The van der Waals surface area contributed by atoms with E-state index in [4.69, 9.17) is 0 Å². The van der Waals surface area contributed by atoms with Gasteiger partial charge in [-0.15, -0.1) is 0 Å². The molecule has 0 bridgehead atoms. The predicted molar refractivity (Wildman–Crippen MR) is 67.5 cm³/mol. The van der Waals surface area contributed by atoms with E-state index >= 15 is 0 Å². The maximum absolute atomic E-state index is 12.4. The highest BCUT2D eigenvalue weighted by Crippen LogP contribution is 2.44. The fourth-order valence-corrected chi connectivity index (χ4v) is 5.10. The lowest BCUT2D eigenvalue weighted by molar-refractivity contribution is -0.133. The zero-order valence-corrected chi connectivity index (χ0v) is 10.8. The van der Waals surface area contributed by atoms with Crippen molar-refractivity contribution in [1.82, 2.24) is 4.90 Å². The predicted octanol–water partition coefficient (Wildman–Crippen LogP) is 2.53. The van der Waals surface area contributed by atoms with E-state index < -0.39 is 0 Å². The molecule has 3 heteroatoms. The number of nitrogens with zero attached hydrogens (tertiary/aromatic N) is 1. The van der Waals surface area contributed by atoms with Crippen molar-refractivity contribution in [3.8, 4) is 0 Å². The Kier molecular flexibility index (Phi) is 2.90. The Morgan fingerprint density at radius 1 is 1.25 bits per heavy atom. The van der Waals surface area contributed by atoms with Crippen LogP contribution in [0.15, 0.2) is 0 Å². The molecule has 0 N–H and O–H groups in total. The molecule has 3 rings (SSSR count). The second-order valence-electron chi connectivity index (χ2n) is 5.61. The lowest BCUT2D eigenvalue weighted by Gasteiger charge is -2.32. The van der Waals surface area contributed by atoms with Gasteiger partial charge in [0, 0.05) is 17.8 Å². The Morgan fingerprint density at radius 3 is 2.69 bits per heavy atom. The largest absolute Gasteiger partial charge is 0.339 e. The molecule has 3 atom stereocenters. The number of carbonyl (C=O) groups excluding carboxylic acids is 1. The number of carbonyl (C=O) groups is 1. The summed E-state index contributed by atoms with van der Waals surface area (Å²) in [5.74, 6) is 2.71. The Labute approximate surface area is 102 Å². The monoisotopic (exact) mass is 239 g/mol. The van der Waals surface area contributed by atoms with Crippen LogP contribution < -0.4 is 0 Å². The van der Waals surface area contributed by atoms with Crippen LogP contribution in [0.5, 0.6) is 0 Å². The molecule has 1 saturated carbocycles. The number of amides is 1. The first-order valence-electron chi connectivity index (χ1n) is 6.69. The molecule has 90 valence electrons. The lowest BCUT2D eigenvalue weighted by Crippen LogP contribution is -2.40. The molecule has 2 aliphatic heterocycles. The summed E-state index contributed by atoms with van der Waals surface area (Å²) in [6.07, 6.45) is 6.54. The summed E-state index contributed by atoms with van der Waals surface area (Å²) in [7, 11) is 0. The Morgan fingerprint density at radius 2 is 2.00 bits per heavy atom. The summed E-state index contributed by atoms with van der Waals surface area (Å²) in [6.45, 7) is 3.29. The van der Waals surface area contributed by atoms with E-state index in [0.29, 0.717) is 29.0 Å². The van der Waals surface area contributed by atoms with Crippen molar-refractivity contribution in [2.45, 2.75) is 50.3 Å². The van der Waals surface area contributed by atoms with Gasteiger partial charge in [-0.2, -0.15) is 11.8 Å². The maximum atomic E-state index is 12.4. The minimum absolute atomic E-state index is 0.354. The molecule has 1 aliphatic carbocycles. The zero-order valence-electron chi connectivity index (χ0n) is 10.0. The fraction of sp³-hybridized carbons (Fsp3) is 0.923. The highest BCUT2D eigenvalue weighted by atomic mass is 32.2. The average Bonchev–Trinajstić information content (AvgIpc) is 2.83. The third kappa shape index (κ3) is 1.68. The molecule has 3 aliphatic rings. The second-order valence-corrected chi connectivity index (χ2v) is 7.02. The summed E-state index contributed by atoms with van der Waals surface area (Å²) in [4.78, 5) is 14.7. The van der Waals surface area contributed by atoms with Crippen LogP contribution in [0.3, 0.4) is 0 Å². The van der Waals surface area contributed by atoms with E-state index in [-0.39, 0.29) is 0 Å². The van der Waals surface area contributed by atoms with Crippen molar-refractivity contribution in [2.75, 3.05) is 12.3 Å². The van der Waals surface area contributed by atoms with Gasteiger partial charge < -0.3 is 4.90 Å². The third-order valence-electron chi connectivity index (χ3n) is 4.60. The number of hydrogen-bond acceptors (Lipinski definition) is 2. The molecular formula is C13H21NOS. The number of rotatable bonds is 1. The molecule has 1 amide bonds. The van der Waals surface area contributed by atoms with Crippen LogP contribution >= 0.6 is 11.8 Å². The first kappa shape index (κ1) is 10.9. The van der Waals surface area contributed by atoms with Crippen LogP contribution in [0.25, 0.3) is 0 Å². The Balaban J connectivity index is 1.72. The number of thioether (sulfide) groups is 1. The van der Waals surface area contributed by atoms with Crippen molar-refractivity contribution in [3.05, 3.63) is 0 Å². The van der Waals surface area contributed by atoms with Crippen LogP contribution in [0, 0.1) is 11.8 Å². The van der Waals surface area contributed by atoms with Crippen LogP contribution in [-0.2, 0) is 4.79 Å². The molecule has 0 aromatic carbocycles. The minimum Gasteiger partial charge on any atom is -0.339 e. The fourth-order valence-electron chi connectivity index (χ4n) is 3.69. The second kappa shape index (κ2) is 4.25. The van der Waals surface area contributed by atoms with Gasteiger partial charge in [-0.3, -0.25) is 4.79 Å². The molecule has 16 heavy (non-hydrogen) atoms. The van der Waals surface area contributed by atoms with Crippen molar-refractivity contribution < 1.29 is 4.79 Å². The average molecular weight is 239 g/mol. The molecule has 2 saturated heterocycles. The lowest BCUT2D eigenvalue weighted by atomic mass is 9.94. The molecule has 0 unspecified atom stereocenters. The quantitative estimate of drug-likeness (QED) is 0.701. The van der Waals surface area contributed by atoms with Gasteiger partial charge in [0.25, 0.3) is 0 Å². The van der Waals surface area contributed by atoms with Crippen molar-refractivity contribution >= 4 is 17.7 Å². The standard InChI is InChI=1S/C13H21NOS/c1-9-12-10(8-16-9)7-14(13(12)15)11-5-3-2-4-6-11/h9-12H,2-8H2,1H3/t9-,10+,12-/m1/s1. The normalized spacial score (nSPS) is 40.4. The number of fused-ring (bicyclic) bond motifs is 1. The van der Waals surface area contributed by atoms with Crippen LogP contribution in [-0.4, -0.2) is 34.4 Å². The van der Waals surface area contributed by atoms with Gasteiger partial charge in [-0.25, -0.2) is 0 Å². The van der Waals surface area contributed by atoms with Gasteiger partial charge in [-0.05, 0) is 24.5 Å². The van der Waals surface area contributed by atoms with E-state index in [0.717, 1.165) is 6.54 Å². The highest BCUT2D eigenvalue weighted by molar-refractivity contribution is 8.00. The topological polar surface area (TPSA) is 20.3 Å². The van der Waals surface area contributed by atoms with Gasteiger partial charge in [0.2, 0.25) is 5.91 Å². The minimum atomic E-state index is 0.354. The molecule has 0 spiro atoms. The zero-order chi connectivity index (χ0) is 11.1. The molecular weight excluding hydrogens is 218 g/mol. The van der Waals surface area contributed by atoms with Crippen molar-refractivity contribution in [2.24, 2.45) is 11.8 Å².